The lowest BCUT2D eigenvalue weighted by molar-refractivity contribution is 0.224. The second-order valence-electron chi connectivity index (χ2n) is 10.6. The van der Waals surface area contributed by atoms with Crippen LogP contribution < -0.4 is 4.90 Å². The van der Waals surface area contributed by atoms with Crippen molar-refractivity contribution in [1.29, 1.82) is 0 Å². The maximum absolute atomic E-state index is 15.4. The van der Waals surface area contributed by atoms with Crippen LogP contribution in [-0.4, -0.2) is 65.3 Å². The van der Waals surface area contributed by atoms with Gasteiger partial charge < -0.3 is 14.7 Å². The molecule has 5 rings (SSSR count). The first-order valence-electron chi connectivity index (χ1n) is 13.8. The Labute approximate surface area is 239 Å². The Kier molecular flexibility index (Phi) is 8.88. The first kappa shape index (κ1) is 28.3. The van der Waals surface area contributed by atoms with Gasteiger partial charge in [-0.25, -0.2) is 13.2 Å². The summed E-state index contributed by atoms with van der Waals surface area (Å²) in [5.74, 6) is 3.02. The van der Waals surface area contributed by atoms with E-state index in [9.17, 15) is 8.78 Å². The number of thioether (sulfide) groups is 1. The molecule has 3 aliphatic heterocycles. The van der Waals surface area contributed by atoms with Crippen LogP contribution in [0.4, 0.5) is 18.9 Å². The number of anilines is 1. The topological polar surface area (TPSA) is 34.4 Å². The zero-order valence-electron chi connectivity index (χ0n) is 23.0. The Bertz CT molecular complexity index is 1290. The molecule has 0 unspecified atom stereocenters. The van der Waals surface area contributed by atoms with Crippen LogP contribution in [0.1, 0.15) is 48.8 Å². The molecule has 0 atom stereocenters. The van der Waals surface area contributed by atoms with Crippen LogP contribution in [0.25, 0.3) is 0 Å². The fraction of sp³-hybridized carbons (Fsp3) is 0.419. The summed E-state index contributed by atoms with van der Waals surface area (Å²) < 4.78 is 41.4. The number of piperidine rings is 1. The number of nitrogens with zero attached hydrogens (tertiary/aromatic N) is 5. The fourth-order valence-electron chi connectivity index (χ4n) is 5.52. The number of likely N-dealkylation sites (tertiary alicyclic amines) is 1. The van der Waals surface area contributed by atoms with Crippen molar-refractivity contribution in [2.45, 2.75) is 45.1 Å². The molecule has 0 radical (unpaired) electrons. The van der Waals surface area contributed by atoms with E-state index in [1.807, 2.05) is 11.8 Å². The predicted molar refractivity (Wildman–Crippen MR) is 160 cm³/mol. The minimum Gasteiger partial charge on any atom is -0.375 e. The Morgan fingerprint density at radius 2 is 1.70 bits per heavy atom. The van der Waals surface area contributed by atoms with Crippen LogP contribution in [-0.2, 0) is 6.54 Å². The molecule has 2 aromatic carbocycles. The van der Waals surface area contributed by atoms with Crippen LogP contribution in [0.15, 0.2) is 77.3 Å². The molecule has 0 spiro atoms. The molecule has 0 saturated carbocycles. The van der Waals surface area contributed by atoms with Crippen molar-refractivity contribution in [1.82, 2.24) is 9.80 Å². The SMILES string of the molecule is C=C(C)N1CCC(c2ccc(N(Cc3ccc(C4=NN=C(C(F)F)C4)cc3F)C(=C)N3CCSCC3)cc2)CC1. The molecular weight excluding hydrogens is 531 g/mol. The molecular formula is C31H36F3N5S. The van der Waals surface area contributed by atoms with Gasteiger partial charge in [-0.1, -0.05) is 37.4 Å². The van der Waals surface area contributed by atoms with Gasteiger partial charge in [-0.2, -0.15) is 22.0 Å². The van der Waals surface area contributed by atoms with Gasteiger partial charge in [-0.05, 0) is 49.4 Å². The predicted octanol–water partition coefficient (Wildman–Crippen LogP) is 6.88. The highest BCUT2D eigenvalue weighted by atomic mass is 32.2. The second-order valence-corrected chi connectivity index (χ2v) is 11.8. The Hall–Kier alpha value is -3.20. The number of benzene rings is 2. The number of alkyl halides is 2. The summed E-state index contributed by atoms with van der Waals surface area (Å²) in [5, 5.41) is 7.41. The highest BCUT2D eigenvalue weighted by Crippen LogP contribution is 2.32. The van der Waals surface area contributed by atoms with E-state index in [0.717, 1.165) is 67.7 Å². The molecule has 5 nitrogen and oxygen atoms in total. The average molecular weight is 568 g/mol. The van der Waals surface area contributed by atoms with Gasteiger partial charge in [-0.15, -0.1) is 0 Å². The van der Waals surface area contributed by atoms with Gasteiger partial charge in [0.1, 0.15) is 17.3 Å². The molecule has 0 aliphatic carbocycles. The normalized spacial score (nSPS) is 18.1. The molecule has 0 aromatic heterocycles. The van der Waals surface area contributed by atoms with E-state index in [2.05, 4.69) is 69.2 Å². The third kappa shape index (κ3) is 6.40. The van der Waals surface area contributed by atoms with Gasteiger partial charge in [0.05, 0.1) is 12.3 Å². The number of hydrogen-bond donors (Lipinski definition) is 0. The summed E-state index contributed by atoms with van der Waals surface area (Å²) >= 11 is 1.93. The van der Waals surface area contributed by atoms with E-state index >= 15 is 4.39 Å². The molecule has 0 bridgehead atoms. The summed E-state index contributed by atoms with van der Waals surface area (Å²) in [6.07, 6.45) is -0.527. The molecule has 212 valence electrons. The van der Waals surface area contributed by atoms with Crippen LogP contribution in [0.5, 0.6) is 0 Å². The minimum atomic E-state index is -2.66. The lowest BCUT2D eigenvalue weighted by Crippen LogP contribution is -2.39. The van der Waals surface area contributed by atoms with Crippen molar-refractivity contribution in [2.24, 2.45) is 10.2 Å². The van der Waals surface area contributed by atoms with Gasteiger partial charge in [0.15, 0.2) is 0 Å². The van der Waals surface area contributed by atoms with E-state index in [1.165, 1.54) is 11.6 Å². The third-order valence-electron chi connectivity index (χ3n) is 8.01. The number of allylic oxidation sites excluding steroid dienone is 1. The Balaban J connectivity index is 1.34. The van der Waals surface area contributed by atoms with Gasteiger partial charge in [-0.3, -0.25) is 0 Å². The van der Waals surface area contributed by atoms with Crippen LogP contribution in [0.3, 0.4) is 0 Å². The van der Waals surface area contributed by atoms with Gasteiger partial charge >= 0.3 is 0 Å². The monoisotopic (exact) mass is 567 g/mol. The van der Waals surface area contributed by atoms with Crippen molar-refractivity contribution in [2.75, 3.05) is 42.6 Å². The van der Waals surface area contributed by atoms with E-state index in [0.29, 0.717) is 29.3 Å². The number of hydrogen-bond acceptors (Lipinski definition) is 6. The number of rotatable bonds is 9. The summed E-state index contributed by atoms with van der Waals surface area (Å²) in [4.78, 5) is 6.69. The summed E-state index contributed by atoms with van der Waals surface area (Å²) in [7, 11) is 0. The van der Waals surface area contributed by atoms with Crippen molar-refractivity contribution in [3.8, 4) is 0 Å². The standard InChI is InChI=1S/C31H36F3N5S/c1-21(2)37-12-10-24(11-13-37)23-6-8-27(9-7-23)39(22(3)38-14-16-40-17-15-38)20-26-5-4-25(18-28(26)32)29-19-30(31(33)34)36-35-29/h4-9,18,24,31H,1,3,10-17,19-20H2,2H3. The minimum absolute atomic E-state index is 0.0646. The quantitative estimate of drug-likeness (QED) is 0.331. The van der Waals surface area contributed by atoms with Gasteiger partial charge in [0, 0.05) is 66.6 Å². The molecule has 2 saturated heterocycles. The van der Waals surface area contributed by atoms with E-state index in [1.54, 1.807) is 12.1 Å². The molecule has 3 aliphatic rings. The Morgan fingerprint density at radius 3 is 2.30 bits per heavy atom. The summed E-state index contributed by atoms with van der Waals surface area (Å²) in [6.45, 7) is 14.7. The van der Waals surface area contributed by atoms with E-state index in [4.69, 9.17) is 0 Å². The van der Waals surface area contributed by atoms with Crippen LogP contribution >= 0.6 is 11.8 Å². The largest absolute Gasteiger partial charge is 0.375 e. The lowest BCUT2D eigenvalue weighted by atomic mass is 9.89. The highest BCUT2D eigenvalue weighted by molar-refractivity contribution is 7.99. The molecule has 0 N–H and O–H groups in total. The fourth-order valence-corrected chi connectivity index (χ4v) is 6.42. The highest BCUT2D eigenvalue weighted by Gasteiger charge is 2.25. The molecule has 2 aromatic rings. The summed E-state index contributed by atoms with van der Waals surface area (Å²) in [5.41, 5.74) is 4.46. The van der Waals surface area contributed by atoms with Gasteiger partial charge in [0.2, 0.25) is 0 Å². The average Bonchev–Trinajstić information content (AvgIpc) is 3.48. The van der Waals surface area contributed by atoms with Crippen molar-refractivity contribution >= 4 is 28.9 Å². The van der Waals surface area contributed by atoms with Crippen LogP contribution in [0.2, 0.25) is 0 Å². The van der Waals surface area contributed by atoms with Crippen molar-refractivity contribution in [3.05, 3.63) is 89.6 Å². The lowest BCUT2D eigenvalue weighted by Gasteiger charge is -2.38. The second kappa shape index (κ2) is 12.5. The van der Waals surface area contributed by atoms with E-state index < -0.39 is 12.2 Å². The zero-order chi connectivity index (χ0) is 28.2. The first-order valence-corrected chi connectivity index (χ1v) is 15.0. The molecule has 2 fully saturated rings. The molecule has 9 heteroatoms. The maximum atomic E-state index is 15.4. The first-order chi connectivity index (χ1) is 19.3. The molecule has 0 amide bonds. The summed E-state index contributed by atoms with van der Waals surface area (Å²) in [6, 6.07) is 13.4. The third-order valence-corrected chi connectivity index (χ3v) is 8.96. The molecule has 3 heterocycles. The van der Waals surface area contributed by atoms with E-state index in [-0.39, 0.29) is 12.1 Å². The van der Waals surface area contributed by atoms with Crippen LogP contribution in [0, 0.1) is 5.82 Å². The Morgan fingerprint density at radius 1 is 1.00 bits per heavy atom. The molecule has 40 heavy (non-hydrogen) atoms. The van der Waals surface area contributed by atoms with Crippen molar-refractivity contribution in [3.63, 3.8) is 0 Å². The maximum Gasteiger partial charge on any atom is 0.278 e. The van der Waals surface area contributed by atoms with Crippen molar-refractivity contribution < 1.29 is 13.2 Å². The smallest absolute Gasteiger partial charge is 0.278 e. The zero-order valence-corrected chi connectivity index (χ0v) is 23.8. The van der Waals surface area contributed by atoms with Gasteiger partial charge in [0.25, 0.3) is 6.43 Å². The number of halogens is 3.